The van der Waals surface area contributed by atoms with E-state index in [1.165, 1.54) is 44.0 Å². The number of nitrogens with zero attached hydrogens (tertiary/aromatic N) is 2. The van der Waals surface area contributed by atoms with Gasteiger partial charge in [-0.05, 0) is 33.0 Å². The maximum atomic E-state index is 2.64. The van der Waals surface area contributed by atoms with Gasteiger partial charge in [-0.1, -0.05) is 0 Å². The zero-order valence-corrected chi connectivity index (χ0v) is 8.65. The fourth-order valence-corrected chi connectivity index (χ4v) is 3.36. The summed E-state index contributed by atoms with van der Waals surface area (Å²) in [5.41, 5.74) is 0. The highest BCUT2D eigenvalue weighted by Gasteiger charge is 2.27. The highest BCUT2D eigenvalue weighted by molar-refractivity contribution is 7.99. The molecule has 1 unspecified atom stereocenters. The van der Waals surface area contributed by atoms with Crippen LogP contribution < -0.4 is 0 Å². The van der Waals surface area contributed by atoms with Crippen LogP contribution >= 0.6 is 11.8 Å². The van der Waals surface area contributed by atoms with Gasteiger partial charge in [-0.15, -0.1) is 0 Å². The van der Waals surface area contributed by atoms with Gasteiger partial charge in [-0.2, -0.15) is 11.8 Å². The minimum atomic E-state index is 0.742. The third kappa shape index (κ3) is 1.78. The fourth-order valence-electron chi connectivity index (χ4n) is 2.10. The van der Waals surface area contributed by atoms with Crippen LogP contribution in [0.3, 0.4) is 0 Å². The lowest BCUT2D eigenvalue weighted by Crippen LogP contribution is -2.50. The minimum absolute atomic E-state index is 0.742. The molecule has 0 radical (unpaired) electrons. The first-order chi connectivity index (χ1) is 5.88. The first kappa shape index (κ1) is 8.85. The van der Waals surface area contributed by atoms with Crippen molar-refractivity contribution in [2.75, 3.05) is 38.2 Å². The summed E-state index contributed by atoms with van der Waals surface area (Å²) < 4.78 is 0. The molecule has 2 nitrogen and oxygen atoms in total. The molecule has 2 rings (SSSR count). The van der Waals surface area contributed by atoms with Crippen molar-refractivity contribution in [2.24, 2.45) is 0 Å². The lowest BCUT2D eigenvalue weighted by atomic mass is 10.4. The molecule has 0 aliphatic carbocycles. The standard InChI is InChI=1S/C9H18N2S/c1-10-6-7-12-8-9(10)11-4-2-3-5-11/h9H,2-8H2,1H3. The van der Waals surface area contributed by atoms with Crippen LogP contribution in [-0.2, 0) is 0 Å². The van der Waals surface area contributed by atoms with Crippen LogP contribution in [0, 0.1) is 0 Å². The maximum absolute atomic E-state index is 2.64. The molecule has 0 amide bonds. The Morgan fingerprint density at radius 2 is 1.92 bits per heavy atom. The van der Waals surface area contributed by atoms with Gasteiger partial charge in [0.05, 0.1) is 6.17 Å². The van der Waals surface area contributed by atoms with Crippen molar-refractivity contribution in [3.05, 3.63) is 0 Å². The van der Waals surface area contributed by atoms with E-state index < -0.39 is 0 Å². The van der Waals surface area contributed by atoms with Crippen molar-refractivity contribution in [1.29, 1.82) is 0 Å². The molecule has 0 saturated carbocycles. The van der Waals surface area contributed by atoms with E-state index in [2.05, 4.69) is 28.6 Å². The van der Waals surface area contributed by atoms with Crippen LogP contribution in [0.5, 0.6) is 0 Å². The topological polar surface area (TPSA) is 6.48 Å². The van der Waals surface area contributed by atoms with Crippen LogP contribution in [0.2, 0.25) is 0 Å². The summed E-state index contributed by atoms with van der Waals surface area (Å²) in [4.78, 5) is 5.16. The van der Waals surface area contributed by atoms with Crippen LogP contribution in [0.1, 0.15) is 12.8 Å². The summed E-state index contributed by atoms with van der Waals surface area (Å²) in [6.45, 7) is 3.93. The zero-order valence-electron chi connectivity index (χ0n) is 7.83. The Labute approximate surface area is 79.3 Å². The predicted molar refractivity (Wildman–Crippen MR) is 54.6 cm³/mol. The quantitative estimate of drug-likeness (QED) is 0.605. The van der Waals surface area contributed by atoms with Crippen molar-refractivity contribution < 1.29 is 0 Å². The van der Waals surface area contributed by atoms with E-state index in [1.807, 2.05) is 0 Å². The molecular weight excluding hydrogens is 168 g/mol. The Kier molecular flexibility index (Phi) is 2.94. The van der Waals surface area contributed by atoms with E-state index in [4.69, 9.17) is 0 Å². The van der Waals surface area contributed by atoms with Gasteiger partial charge in [0.15, 0.2) is 0 Å². The van der Waals surface area contributed by atoms with Crippen molar-refractivity contribution in [3.63, 3.8) is 0 Å². The number of thioether (sulfide) groups is 1. The average molecular weight is 186 g/mol. The molecule has 70 valence electrons. The SMILES string of the molecule is CN1CCSCC1N1CCCC1. The lowest BCUT2D eigenvalue weighted by molar-refractivity contribution is 0.102. The Bertz CT molecular complexity index is 145. The minimum Gasteiger partial charge on any atom is -0.289 e. The average Bonchev–Trinajstić information content (AvgIpc) is 2.57. The summed E-state index contributed by atoms with van der Waals surface area (Å²) in [7, 11) is 2.27. The van der Waals surface area contributed by atoms with Gasteiger partial charge < -0.3 is 0 Å². The molecule has 0 aromatic carbocycles. The third-order valence-corrected chi connectivity index (χ3v) is 3.93. The largest absolute Gasteiger partial charge is 0.289 e. The van der Waals surface area contributed by atoms with Gasteiger partial charge in [-0.3, -0.25) is 9.80 Å². The van der Waals surface area contributed by atoms with E-state index in [0.717, 1.165) is 6.17 Å². The molecule has 0 spiro atoms. The number of hydrogen-bond donors (Lipinski definition) is 0. The molecule has 3 heteroatoms. The van der Waals surface area contributed by atoms with E-state index in [-0.39, 0.29) is 0 Å². The Morgan fingerprint density at radius 1 is 1.17 bits per heavy atom. The highest BCUT2D eigenvalue weighted by atomic mass is 32.2. The molecule has 2 heterocycles. The Morgan fingerprint density at radius 3 is 2.58 bits per heavy atom. The first-order valence-corrected chi connectivity index (χ1v) is 6.05. The van der Waals surface area contributed by atoms with Crippen LogP contribution in [0.4, 0.5) is 0 Å². The van der Waals surface area contributed by atoms with Gasteiger partial charge in [0.25, 0.3) is 0 Å². The summed E-state index contributed by atoms with van der Waals surface area (Å²) >= 11 is 2.11. The molecular formula is C9H18N2S. The second kappa shape index (κ2) is 3.99. The third-order valence-electron chi connectivity index (χ3n) is 2.93. The van der Waals surface area contributed by atoms with Crippen molar-refractivity contribution in [2.45, 2.75) is 19.0 Å². The molecule has 2 aliphatic rings. The van der Waals surface area contributed by atoms with Gasteiger partial charge in [0, 0.05) is 18.1 Å². The number of rotatable bonds is 1. The fraction of sp³-hybridized carbons (Fsp3) is 1.00. The van der Waals surface area contributed by atoms with E-state index in [1.54, 1.807) is 0 Å². The monoisotopic (exact) mass is 186 g/mol. The lowest BCUT2D eigenvalue weighted by Gasteiger charge is -2.38. The maximum Gasteiger partial charge on any atom is 0.0713 e. The zero-order chi connectivity index (χ0) is 8.39. The summed E-state index contributed by atoms with van der Waals surface area (Å²) in [6.07, 6.45) is 3.57. The highest BCUT2D eigenvalue weighted by Crippen LogP contribution is 2.21. The Balaban J connectivity index is 1.91. The molecule has 0 bridgehead atoms. The van der Waals surface area contributed by atoms with Gasteiger partial charge in [-0.25, -0.2) is 0 Å². The Hall–Kier alpha value is 0.270. The number of hydrogen-bond acceptors (Lipinski definition) is 3. The summed E-state index contributed by atoms with van der Waals surface area (Å²) in [5, 5.41) is 0. The van der Waals surface area contributed by atoms with E-state index in [0.29, 0.717) is 0 Å². The van der Waals surface area contributed by atoms with Crippen molar-refractivity contribution in [1.82, 2.24) is 9.80 Å². The summed E-state index contributed by atoms with van der Waals surface area (Å²) in [5.74, 6) is 2.64. The second-order valence-electron chi connectivity index (χ2n) is 3.78. The van der Waals surface area contributed by atoms with E-state index in [9.17, 15) is 0 Å². The molecule has 2 saturated heterocycles. The molecule has 2 fully saturated rings. The van der Waals surface area contributed by atoms with Crippen molar-refractivity contribution in [3.8, 4) is 0 Å². The smallest absolute Gasteiger partial charge is 0.0713 e. The first-order valence-electron chi connectivity index (χ1n) is 4.90. The molecule has 0 aromatic heterocycles. The molecule has 12 heavy (non-hydrogen) atoms. The second-order valence-corrected chi connectivity index (χ2v) is 4.93. The van der Waals surface area contributed by atoms with Crippen molar-refractivity contribution >= 4 is 11.8 Å². The van der Waals surface area contributed by atoms with E-state index >= 15 is 0 Å². The van der Waals surface area contributed by atoms with Gasteiger partial charge >= 0.3 is 0 Å². The van der Waals surface area contributed by atoms with Crippen LogP contribution in [0.15, 0.2) is 0 Å². The predicted octanol–water partition coefficient (Wildman–Crippen LogP) is 1.09. The molecule has 0 aromatic rings. The van der Waals surface area contributed by atoms with Gasteiger partial charge in [0.2, 0.25) is 0 Å². The van der Waals surface area contributed by atoms with Crippen LogP contribution in [0.25, 0.3) is 0 Å². The van der Waals surface area contributed by atoms with Gasteiger partial charge in [0.1, 0.15) is 0 Å². The summed E-state index contributed by atoms with van der Waals surface area (Å²) in [6, 6.07) is 0. The molecule has 1 atom stereocenters. The molecule has 2 aliphatic heterocycles. The van der Waals surface area contributed by atoms with Crippen LogP contribution in [-0.4, -0.2) is 54.2 Å². The molecule has 0 N–H and O–H groups in total. The normalized spacial score (nSPS) is 34.2. The number of likely N-dealkylation sites (tertiary alicyclic amines) is 1.